The summed E-state index contributed by atoms with van der Waals surface area (Å²) in [5, 5.41) is 14.2. The second kappa shape index (κ2) is 9.19. The summed E-state index contributed by atoms with van der Waals surface area (Å²) in [6.45, 7) is 2.61. The summed E-state index contributed by atoms with van der Waals surface area (Å²) >= 11 is 3.66. The average Bonchev–Trinajstić information content (AvgIpc) is 3.46. The van der Waals surface area contributed by atoms with Crippen molar-refractivity contribution in [1.29, 1.82) is 5.26 Å². The van der Waals surface area contributed by atoms with Crippen LogP contribution < -0.4 is 9.80 Å². The van der Waals surface area contributed by atoms with Crippen LogP contribution in [0.15, 0.2) is 114 Å². The summed E-state index contributed by atoms with van der Waals surface area (Å²) in [5.41, 5.74) is 9.98. The van der Waals surface area contributed by atoms with Gasteiger partial charge < -0.3 is 9.80 Å². The second-order valence-corrected chi connectivity index (χ2v) is 12.3. The van der Waals surface area contributed by atoms with Crippen LogP contribution in [-0.4, -0.2) is 16.2 Å². The number of hydrogen-bond donors (Lipinski definition) is 0. The van der Waals surface area contributed by atoms with Crippen LogP contribution >= 0.6 is 15.9 Å². The average molecular weight is 619 g/mol. The zero-order chi connectivity index (χ0) is 28.7. The van der Waals surface area contributed by atoms with Gasteiger partial charge in [0, 0.05) is 51.0 Å². The van der Waals surface area contributed by atoms with E-state index in [-0.39, 0.29) is 0 Å². The molecule has 2 aliphatic rings. The lowest BCUT2D eigenvalue weighted by Crippen LogP contribution is -2.46. The van der Waals surface area contributed by atoms with Crippen LogP contribution in [0.1, 0.15) is 16.7 Å². The van der Waals surface area contributed by atoms with E-state index in [0.717, 1.165) is 63.1 Å². The molecule has 2 bridgehead atoms. The van der Waals surface area contributed by atoms with Gasteiger partial charge in [-0.1, -0.05) is 82.7 Å². The highest BCUT2D eigenvalue weighted by molar-refractivity contribution is 9.10. The number of imidazole rings is 1. The maximum absolute atomic E-state index is 9.50. The summed E-state index contributed by atoms with van der Waals surface area (Å²) in [7, 11) is 0. The van der Waals surface area contributed by atoms with E-state index >= 15 is 0 Å². The van der Waals surface area contributed by atoms with Crippen molar-refractivity contribution in [3.05, 3.63) is 130 Å². The minimum atomic E-state index is 0.640. The predicted molar refractivity (Wildman–Crippen MR) is 178 cm³/mol. The van der Waals surface area contributed by atoms with Crippen molar-refractivity contribution in [1.82, 2.24) is 9.55 Å². The monoisotopic (exact) mass is 617 g/mol. The number of benzene rings is 6. The highest BCUT2D eigenvalue weighted by atomic mass is 79.9. The molecule has 43 heavy (non-hydrogen) atoms. The number of nitriles is 1. The molecular formula is C37H24BrN5. The van der Waals surface area contributed by atoms with Crippen LogP contribution in [-0.2, 0) is 13.1 Å². The van der Waals surface area contributed by atoms with E-state index in [1.165, 1.54) is 33.3 Å². The largest absolute Gasteiger partial charge is 0.349 e. The molecule has 3 heterocycles. The van der Waals surface area contributed by atoms with E-state index in [0.29, 0.717) is 5.56 Å². The van der Waals surface area contributed by atoms with Gasteiger partial charge in [-0.05, 0) is 64.4 Å². The van der Waals surface area contributed by atoms with Gasteiger partial charge >= 0.3 is 0 Å². The SMILES string of the molecule is N#Cc1ccc(-n2c(-c3ccc4c(c3)N3Cc5ccc(Br)cc5N(C4)C3)nc3c4ccccc4c4ccccc4c32)cc1. The molecule has 0 spiro atoms. The minimum absolute atomic E-state index is 0.640. The molecule has 7 aromatic rings. The fourth-order valence-corrected chi connectivity index (χ4v) is 7.32. The lowest BCUT2D eigenvalue weighted by Gasteiger charge is -2.45. The Balaban J connectivity index is 1.30. The van der Waals surface area contributed by atoms with Gasteiger partial charge in [-0.25, -0.2) is 4.98 Å². The first kappa shape index (κ1) is 24.5. The van der Waals surface area contributed by atoms with Crippen LogP contribution in [0.3, 0.4) is 0 Å². The molecule has 5 nitrogen and oxygen atoms in total. The van der Waals surface area contributed by atoms with E-state index in [1.54, 1.807) is 0 Å². The molecule has 0 unspecified atom stereocenters. The predicted octanol–water partition coefficient (Wildman–Crippen LogP) is 8.93. The molecule has 0 saturated heterocycles. The molecule has 0 fully saturated rings. The Bertz CT molecular complexity index is 2310. The van der Waals surface area contributed by atoms with Gasteiger partial charge in [-0.2, -0.15) is 5.26 Å². The molecular weight excluding hydrogens is 594 g/mol. The van der Waals surface area contributed by atoms with Crippen LogP contribution in [0.2, 0.25) is 0 Å². The van der Waals surface area contributed by atoms with Crippen molar-refractivity contribution in [3.63, 3.8) is 0 Å². The van der Waals surface area contributed by atoms with Crippen molar-refractivity contribution in [2.75, 3.05) is 16.5 Å². The topological polar surface area (TPSA) is 48.1 Å². The van der Waals surface area contributed by atoms with Gasteiger partial charge in [0.05, 0.1) is 29.3 Å². The third-order valence-electron chi connectivity index (χ3n) is 8.92. The van der Waals surface area contributed by atoms with Gasteiger partial charge in [0.25, 0.3) is 0 Å². The Kier molecular flexibility index (Phi) is 5.23. The lowest BCUT2D eigenvalue weighted by molar-refractivity contribution is 0.651. The van der Waals surface area contributed by atoms with Crippen LogP contribution in [0.4, 0.5) is 11.4 Å². The number of fused-ring (bicyclic) bond motifs is 12. The van der Waals surface area contributed by atoms with Crippen molar-refractivity contribution in [2.24, 2.45) is 0 Å². The molecule has 0 atom stereocenters. The Labute approximate surface area is 257 Å². The third kappa shape index (κ3) is 3.65. The molecule has 0 N–H and O–H groups in total. The molecule has 6 aromatic carbocycles. The number of hydrogen-bond acceptors (Lipinski definition) is 4. The summed E-state index contributed by atoms with van der Waals surface area (Å²) < 4.78 is 3.40. The highest BCUT2D eigenvalue weighted by Gasteiger charge is 2.30. The smallest absolute Gasteiger partial charge is 0.145 e. The van der Waals surface area contributed by atoms with E-state index < -0.39 is 0 Å². The Hall–Kier alpha value is -5.12. The first-order valence-electron chi connectivity index (χ1n) is 14.4. The van der Waals surface area contributed by atoms with Gasteiger partial charge in [0.15, 0.2) is 0 Å². The molecule has 0 saturated carbocycles. The summed E-state index contributed by atoms with van der Waals surface area (Å²) in [5.74, 6) is 0.896. The number of aromatic nitrogens is 2. The van der Waals surface area contributed by atoms with Crippen molar-refractivity contribution >= 4 is 59.9 Å². The van der Waals surface area contributed by atoms with Crippen molar-refractivity contribution in [3.8, 4) is 23.1 Å². The molecule has 0 amide bonds. The van der Waals surface area contributed by atoms with Gasteiger partial charge in [0.2, 0.25) is 0 Å². The van der Waals surface area contributed by atoms with Gasteiger partial charge in [-0.3, -0.25) is 4.57 Å². The maximum Gasteiger partial charge on any atom is 0.145 e. The number of nitrogens with zero attached hydrogens (tertiary/aromatic N) is 5. The Morgan fingerprint density at radius 1 is 0.674 bits per heavy atom. The molecule has 9 rings (SSSR count). The van der Waals surface area contributed by atoms with Crippen molar-refractivity contribution in [2.45, 2.75) is 13.1 Å². The quantitative estimate of drug-likeness (QED) is 0.182. The van der Waals surface area contributed by atoms with E-state index in [9.17, 15) is 5.26 Å². The molecule has 204 valence electrons. The summed E-state index contributed by atoms with van der Waals surface area (Å²) in [6, 6.07) is 40.7. The first-order valence-corrected chi connectivity index (χ1v) is 15.2. The minimum Gasteiger partial charge on any atom is -0.349 e. The zero-order valence-corrected chi connectivity index (χ0v) is 24.7. The molecule has 6 heteroatoms. The van der Waals surface area contributed by atoms with Crippen LogP contribution in [0.25, 0.3) is 49.7 Å². The number of halogens is 1. The van der Waals surface area contributed by atoms with E-state index in [1.807, 2.05) is 24.3 Å². The maximum atomic E-state index is 9.50. The second-order valence-electron chi connectivity index (χ2n) is 11.4. The Morgan fingerprint density at radius 2 is 1.30 bits per heavy atom. The lowest BCUT2D eigenvalue weighted by atomic mass is 9.99. The van der Waals surface area contributed by atoms with Gasteiger partial charge in [0.1, 0.15) is 5.82 Å². The van der Waals surface area contributed by atoms with Crippen LogP contribution in [0.5, 0.6) is 0 Å². The molecule has 1 aromatic heterocycles. The number of rotatable bonds is 2. The Morgan fingerprint density at radius 3 is 2.02 bits per heavy atom. The fraction of sp³-hybridized carbons (Fsp3) is 0.0811. The number of anilines is 2. The highest BCUT2D eigenvalue weighted by Crippen LogP contribution is 2.43. The summed E-state index contributed by atoms with van der Waals surface area (Å²) in [4.78, 5) is 10.3. The van der Waals surface area contributed by atoms with Crippen LogP contribution in [0, 0.1) is 11.3 Å². The third-order valence-corrected chi connectivity index (χ3v) is 9.42. The van der Waals surface area contributed by atoms with Gasteiger partial charge in [-0.15, -0.1) is 0 Å². The first-order chi connectivity index (χ1) is 21.2. The molecule has 2 aliphatic heterocycles. The molecule has 0 radical (unpaired) electrons. The van der Waals surface area contributed by atoms with E-state index in [2.05, 4.69) is 121 Å². The zero-order valence-electron chi connectivity index (χ0n) is 23.1. The normalized spacial score (nSPS) is 13.8. The standard InChI is InChI=1S/C37H24BrN5/c38-27-14-13-26-21-41-22-42(34(26)18-27)20-25-12-11-24(17-33(25)41)37-40-35-31-7-3-1-5-29(31)30-6-2-4-8-32(30)36(35)43(37)28-15-9-23(19-39)10-16-28/h1-18H,20-22H2. The van der Waals surface area contributed by atoms with E-state index in [4.69, 9.17) is 4.98 Å². The van der Waals surface area contributed by atoms with Crippen molar-refractivity contribution < 1.29 is 0 Å². The fourth-order valence-electron chi connectivity index (χ4n) is 6.97. The molecule has 0 aliphatic carbocycles. The summed E-state index contributed by atoms with van der Waals surface area (Å²) in [6.07, 6.45) is 0.